The van der Waals surface area contributed by atoms with E-state index in [9.17, 15) is 4.79 Å². The number of aliphatic hydroxyl groups excluding tert-OH is 1. The van der Waals surface area contributed by atoms with Gasteiger partial charge in [0.2, 0.25) is 5.91 Å². The number of rotatable bonds is 7. The van der Waals surface area contributed by atoms with Crippen LogP contribution in [0.25, 0.3) is 0 Å². The van der Waals surface area contributed by atoms with Crippen LogP contribution in [-0.2, 0) is 9.53 Å². The van der Waals surface area contributed by atoms with Gasteiger partial charge in [-0.1, -0.05) is 12.8 Å². The molecule has 0 spiro atoms. The molecule has 1 atom stereocenters. The van der Waals surface area contributed by atoms with Crippen molar-refractivity contribution in [2.24, 2.45) is 0 Å². The van der Waals surface area contributed by atoms with Crippen LogP contribution < -0.4 is 5.32 Å². The van der Waals surface area contributed by atoms with Crippen LogP contribution in [0.3, 0.4) is 0 Å². The molecule has 0 aromatic heterocycles. The molecule has 0 aliphatic heterocycles. The maximum atomic E-state index is 11.3. The summed E-state index contributed by atoms with van der Waals surface area (Å²) >= 11 is 0. The van der Waals surface area contributed by atoms with Gasteiger partial charge in [-0.15, -0.1) is 0 Å². The molecule has 0 heterocycles. The second-order valence-corrected chi connectivity index (χ2v) is 4.51. The molecule has 1 amide bonds. The van der Waals surface area contributed by atoms with Crippen molar-refractivity contribution in [3.05, 3.63) is 0 Å². The summed E-state index contributed by atoms with van der Waals surface area (Å²) < 4.78 is 5.61. The van der Waals surface area contributed by atoms with Crippen LogP contribution in [0.2, 0.25) is 0 Å². The Balaban J connectivity index is 1.91. The Morgan fingerprint density at radius 1 is 1.50 bits per heavy atom. The fraction of sp³-hybridized carbons (Fsp3) is 0.917. The highest BCUT2D eigenvalue weighted by Crippen LogP contribution is 2.20. The first-order valence-corrected chi connectivity index (χ1v) is 6.25. The van der Waals surface area contributed by atoms with E-state index in [4.69, 9.17) is 9.84 Å². The van der Waals surface area contributed by atoms with E-state index >= 15 is 0 Å². The molecule has 1 aliphatic carbocycles. The van der Waals surface area contributed by atoms with Gasteiger partial charge in [0.05, 0.1) is 18.8 Å². The highest BCUT2D eigenvalue weighted by molar-refractivity contribution is 5.75. The summed E-state index contributed by atoms with van der Waals surface area (Å²) in [4.78, 5) is 11.3. The molecule has 0 aromatic carbocycles. The summed E-state index contributed by atoms with van der Waals surface area (Å²) in [5.41, 5.74) is 0. The van der Waals surface area contributed by atoms with Crippen LogP contribution in [0.5, 0.6) is 0 Å². The van der Waals surface area contributed by atoms with Crippen LogP contribution in [0.15, 0.2) is 0 Å². The third kappa shape index (κ3) is 6.08. The van der Waals surface area contributed by atoms with Crippen molar-refractivity contribution in [1.82, 2.24) is 5.32 Å². The zero-order valence-corrected chi connectivity index (χ0v) is 10.1. The predicted molar refractivity (Wildman–Crippen MR) is 62.1 cm³/mol. The third-order valence-electron chi connectivity index (χ3n) is 2.87. The van der Waals surface area contributed by atoms with Gasteiger partial charge in [-0.3, -0.25) is 4.79 Å². The number of nitrogens with one attached hydrogen (secondary N) is 1. The second kappa shape index (κ2) is 7.63. The minimum Gasteiger partial charge on any atom is -0.393 e. The van der Waals surface area contributed by atoms with Crippen molar-refractivity contribution < 1.29 is 14.6 Å². The van der Waals surface area contributed by atoms with Crippen LogP contribution >= 0.6 is 0 Å². The van der Waals surface area contributed by atoms with Crippen molar-refractivity contribution in [2.75, 3.05) is 13.2 Å². The standard InChI is InChI=1S/C12H23NO3/c1-10(14)6-7-12(15)13-8-9-16-11-4-2-3-5-11/h10-11,14H,2-9H2,1H3,(H,13,15). The largest absolute Gasteiger partial charge is 0.393 e. The van der Waals surface area contributed by atoms with Gasteiger partial charge in [0.25, 0.3) is 0 Å². The van der Waals surface area contributed by atoms with Crippen molar-refractivity contribution >= 4 is 5.91 Å². The number of ether oxygens (including phenoxy) is 1. The van der Waals surface area contributed by atoms with Crippen LogP contribution in [0, 0.1) is 0 Å². The highest BCUT2D eigenvalue weighted by atomic mass is 16.5. The molecule has 94 valence electrons. The van der Waals surface area contributed by atoms with Crippen molar-refractivity contribution in [3.8, 4) is 0 Å². The Labute approximate surface area is 97.4 Å². The number of carbonyl (C=O) groups excluding carboxylic acids is 1. The van der Waals surface area contributed by atoms with E-state index in [1.165, 1.54) is 12.8 Å². The first-order chi connectivity index (χ1) is 7.68. The molecule has 1 rings (SSSR count). The normalized spacial score (nSPS) is 18.6. The molecule has 2 N–H and O–H groups in total. The van der Waals surface area contributed by atoms with E-state index in [0.29, 0.717) is 32.1 Å². The molecule has 1 saturated carbocycles. The van der Waals surface area contributed by atoms with Crippen molar-refractivity contribution in [3.63, 3.8) is 0 Å². The van der Waals surface area contributed by atoms with Gasteiger partial charge in [-0.25, -0.2) is 0 Å². The summed E-state index contributed by atoms with van der Waals surface area (Å²) in [6, 6.07) is 0. The van der Waals surface area contributed by atoms with Gasteiger partial charge >= 0.3 is 0 Å². The lowest BCUT2D eigenvalue weighted by atomic mass is 10.2. The molecule has 4 heteroatoms. The van der Waals surface area contributed by atoms with Gasteiger partial charge < -0.3 is 15.2 Å². The first-order valence-electron chi connectivity index (χ1n) is 6.25. The summed E-state index contributed by atoms with van der Waals surface area (Å²) in [5.74, 6) is -0.00378. The molecule has 0 bridgehead atoms. The molecular weight excluding hydrogens is 206 g/mol. The minimum atomic E-state index is -0.402. The average molecular weight is 229 g/mol. The van der Waals surface area contributed by atoms with Gasteiger partial charge in [-0.05, 0) is 26.2 Å². The summed E-state index contributed by atoms with van der Waals surface area (Å²) in [7, 11) is 0. The van der Waals surface area contributed by atoms with E-state index in [-0.39, 0.29) is 5.91 Å². The molecule has 1 aliphatic rings. The number of aliphatic hydroxyl groups is 1. The number of hydrogen-bond donors (Lipinski definition) is 2. The lowest BCUT2D eigenvalue weighted by Crippen LogP contribution is -2.28. The Bertz CT molecular complexity index is 200. The molecule has 1 unspecified atom stereocenters. The van der Waals surface area contributed by atoms with Gasteiger partial charge in [0.15, 0.2) is 0 Å². The first kappa shape index (κ1) is 13.5. The maximum Gasteiger partial charge on any atom is 0.220 e. The van der Waals surface area contributed by atoms with Crippen LogP contribution in [0.1, 0.15) is 45.4 Å². The molecule has 0 saturated heterocycles. The monoisotopic (exact) mass is 229 g/mol. The molecule has 0 aromatic rings. The lowest BCUT2D eigenvalue weighted by molar-refractivity contribution is -0.122. The van der Waals surface area contributed by atoms with E-state index in [2.05, 4.69) is 5.32 Å². The molecule has 0 radical (unpaired) electrons. The quantitative estimate of drug-likeness (QED) is 0.645. The Morgan fingerprint density at radius 3 is 2.81 bits per heavy atom. The van der Waals surface area contributed by atoms with E-state index in [0.717, 1.165) is 12.8 Å². The second-order valence-electron chi connectivity index (χ2n) is 4.51. The topological polar surface area (TPSA) is 58.6 Å². The zero-order valence-electron chi connectivity index (χ0n) is 10.1. The van der Waals surface area contributed by atoms with E-state index < -0.39 is 6.10 Å². The van der Waals surface area contributed by atoms with E-state index in [1.807, 2.05) is 0 Å². The van der Waals surface area contributed by atoms with E-state index in [1.54, 1.807) is 6.92 Å². The molecule has 1 fully saturated rings. The fourth-order valence-electron chi connectivity index (χ4n) is 1.90. The molecule has 16 heavy (non-hydrogen) atoms. The average Bonchev–Trinajstić information content (AvgIpc) is 2.74. The number of amides is 1. The summed E-state index contributed by atoms with van der Waals surface area (Å²) in [6.45, 7) is 2.87. The SMILES string of the molecule is CC(O)CCC(=O)NCCOC1CCCC1. The summed E-state index contributed by atoms with van der Waals surface area (Å²) in [6.07, 6.45) is 5.79. The smallest absolute Gasteiger partial charge is 0.220 e. The number of carbonyl (C=O) groups is 1. The van der Waals surface area contributed by atoms with Gasteiger partial charge in [0.1, 0.15) is 0 Å². The minimum absolute atomic E-state index is 0.00378. The lowest BCUT2D eigenvalue weighted by Gasteiger charge is -2.11. The zero-order chi connectivity index (χ0) is 11.8. The van der Waals surface area contributed by atoms with Crippen LogP contribution in [0.4, 0.5) is 0 Å². The molecule has 4 nitrogen and oxygen atoms in total. The van der Waals surface area contributed by atoms with Crippen molar-refractivity contribution in [2.45, 2.75) is 57.7 Å². The summed E-state index contributed by atoms with van der Waals surface area (Å²) in [5, 5.41) is 11.8. The Morgan fingerprint density at radius 2 is 2.19 bits per heavy atom. The predicted octanol–water partition coefficient (Wildman–Crippen LogP) is 1.22. The maximum absolute atomic E-state index is 11.3. The Hall–Kier alpha value is -0.610. The van der Waals surface area contributed by atoms with Crippen LogP contribution in [-0.4, -0.2) is 36.4 Å². The Kier molecular flexibility index (Phi) is 6.42. The van der Waals surface area contributed by atoms with Gasteiger partial charge in [-0.2, -0.15) is 0 Å². The fourth-order valence-corrected chi connectivity index (χ4v) is 1.90. The highest BCUT2D eigenvalue weighted by Gasteiger charge is 2.14. The number of hydrogen-bond acceptors (Lipinski definition) is 3. The molecular formula is C12H23NO3. The van der Waals surface area contributed by atoms with Crippen molar-refractivity contribution in [1.29, 1.82) is 0 Å². The third-order valence-corrected chi connectivity index (χ3v) is 2.87. The van der Waals surface area contributed by atoms with Gasteiger partial charge in [0, 0.05) is 13.0 Å².